The van der Waals surface area contributed by atoms with Crippen LogP contribution in [0, 0.1) is 0 Å². The van der Waals surface area contributed by atoms with Crippen LogP contribution in [0.3, 0.4) is 0 Å². The number of nitrogens with zero attached hydrogens (tertiary/aromatic N) is 3. The van der Waals surface area contributed by atoms with Crippen LogP contribution in [0.5, 0.6) is 0 Å². The van der Waals surface area contributed by atoms with E-state index in [1.54, 1.807) is 0 Å². The maximum absolute atomic E-state index is 15.2. The highest BCUT2D eigenvalue weighted by Crippen LogP contribution is 2.52. The standard InChI is InChI=1S/C36H22N3OP/c40-41(33-14-6-4-11-26(33)27-12-5-7-15-34(27)41)25-17-19-30-32(22-25)39-31-21-24(23-9-2-1-3-10-23)16-18-28(31)35-29(36(39)38-30)13-8-20-37-35/h1-22H. The molecule has 0 radical (unpaired) electrons. The Morgan fingerprint density at radius 1 is 0.585 bits per heavy atom. The van der Waals surface area contributed by atoms with Gasteiger partial charge in [0.05, 0.1) is 22.1 Å². The summed E-state index contributed by atoms with van der Waals surface area (Å²) in [7, 11) is -3.08. The Kier molecular flexibility index (Phi) is 4.57. The van der Waals surface area contributed by atoms with Gasteiger partial charge in [-0.3, -0.25) is 9.38 Å². The second kappa shape index (κ2) is 8.23. The van der Waals surface area contributed by atoms with Gasteiger partial charge in [-0.2, -0.15) is 0 Å². The number of benzene rings is 5. The monoisotopic (exact) mass is 543 g/mol. The third-order valence-corrected chi connectivity index (χ3v) is 11.6. The first kappa shape index (κ1) is 22.7. The van der Waals surface area contributed by atoms with Crippen molar-refractivity contribution in [1.29, 1.82) is 0 Å². The molecule has 0 atom stereocenters. The maximum Gasteiger partial charge on any atom is 0.172 e. The third-order valence-electron chi connectivity index (χ3n) is 8.43. The first-order valence-electron chi connectivity index (χ1n) is 13.7. The van der Waals surface area contributed by atoms with Gasteiger partial charge in [0, 0.05) is 32.9 Å². The first-order valence-corrected chi connectivity index (χ1v) is 15.4. The number of pyridine rings is 2. The highest BCUT2D eigenvalue weighted by atomic mass is 31.2. The zero-order valence-electron chi connectivity index (χ0n) is 21.9. The highest BCUT2D eigenvalue weighted by Gasteiger charge is 2.40. The Bertz CT molecular complexity index is 2360. The lowest BCUT2D eigenvalue weighted by atomic mass is 10.0. The van der Waals surface area contributed by atoms with Crippen LogP contribution in [0.1, 0.15) is 0 Å². The molecule has 0 unspecified atom stereocenters. The molecule has 0 saturated heterocycles. The Balaban J connectivity index is 1.40. The zero-order chi connectivity index (χ0) is 27.1. The van der Waals surface area contributed by atoms with Crippen molar-refractivity contribution in [3.05, 3.63) is 134 Å². The van der Waals surface area contributed by atoms with Gasteiger partial charge >= 0.3 is 0 Å². The summed E-state index contributed by atoms with van der Waals surface area (Å²) in [6.07, 6.45) is 1.84. The van der Waals surface area contributed by atoms with E-state index in [2.05, 4.69) is 71.1 Å². The van der Waals surface area contributed by atoms with E-state index in [1.807, 2.05) is 66.9 Å². The van der Waals surface area contributed by atoms with Crippen molar-refractivity contribution < 1.29 is 4.57 Å². The molecule has 4 heterocycles. The van der Waals surface area contributed by atoms with Gasteiger partial charge in [-0.15, -0.1) is 0 Å². The van der Waals surface area contributed by atoms with Gasteiger partial charge in [0.25, 0.3) is 0 Å². The Morgan fingerprint density at radius 2 is 1.32 bits per heavy atom. The average Bonchev–Trinajstić information content (AvgIpc) is 3.56. The van der Waals surface area contributed by atoms with E-state index >= 15 is 4.57 Å². The molecule has 41 heavy (non-hydrogen) atoms. The normalized spacial score (nSPS) is 13.7. The number of rotatable bonds is 2. The summed E-state index contributed by atoms with van der Waals surface area (Å²) < 4.78 is 17.5. The Labute approximate surface area is 235 Å². The SMILES string of the molecule is O=P1(c2ccc3nc4c5cccnc5c5ccc(-c6ccccc6)cc5n4c3c2)c2ccccc2-c2ccccc21. The number of aromatic nitrogens is 3. The van der Waals surface area contributed by atoms with Crippen LogP contribution < -0.4 is 15.9 Å². The van der Waals surface area contributed by atoms with Crippen LogP contribution in [-0.4, -0.2) is 14.4 Å². The first-order chi connectivity index (χ1) is 20.2. The van der Waals surface area contributed by atoms with Gasteiger partial charge < -0.3 is 4.57 Å². The summed E-state index contributed by atoms with van der Waals surface area (Å²) in [5.74, 6) is 0. The van der Waals surface area contributed by atoms with Gasteiger partial charge in [-0.1, -0.05) is 91.0 Å². The molecule has 0 saturated carbocycles. The molecule has 0 spiro atoms. The fourth-order valence-electron chi connectivity index (χ4n) is 6.57. The smallest absolute Gasteiger partial charge is 0.172 e. The lowest BCUT2D eigenvalue weighted by molar-refractivity contribution is 0.593. The molecule has 9 rings (SSSR count). The van der Waals surface area contributed by atoms with E-state index in [-0.39, 0.29) is 0 Å². The molecule has 0 bridgehead atoms. The van der Waals surface area contributed by atoms with E-state index in [1.165, 1.54) is 0 Å². The van der Waals surface area contributed by atoms with E-state index in [9.17, 15) is 0 Å². The highest BCUT2D eigenvalue weighted by molar-refractivity contribution is 7.86. The maximum atomic E-state index is 15.2. The van der Waals surface area contributed by atoms with E-state index < -0.39 is 7.14 Å². The van der Waals surface area contributed by atoms with Crippen molar-refractivity contribution in [2.75, 3.05) is 0 Å². The summed E-state index contributed by atoms with van der Waals surface area (Å²) in [4.78, 5) is 9.88. The molecular weight excluding hydrogens is 521 g/mol. The lowest BCUT2D eigenvalue weighted by Crippen LogP contribution is -2.20. The molecule has 0 N–H and O–H groups in total. The van der Waals surface area contributed by atoms with Gasteiger partial charge in [-0.05, 0) is 58.7 Å². The van der Waals surface area contributed by atoms with Gasteiger partial charge in [0.1, 0.15) is 5.65 Å². The van der Waals surface area contributed by atoms with Crippen molar-refractivity contribution in [3.63, 3.8) is 0 Å². The molecule has 8 aromatic rings. The van der Waals surface area contributed by atoms with Crippen molar-refractivity contribution in [1.82, 2.24) is 14.4 Å². The fourth-order valence-corrected chi connectivity index (χ4v) is 9.64. The third kappa shape index (κ3) is 3.03. The van der Waals surface area contributed by atoms with E-state index in [0.717, 1.165) is 76.7 Å². The summed E-state index contributed by atoms with van der Waals surface area (Å²) in [6.45, 7) is 0. The van der Waals surface area contributed by atoms with Crippen LogP contribution in [0.4, 0.5) is 0 Å². The molecule has 5 aromatic carbocycles. The molecule has 192 valence electrons. The van der Waals surface area contributed by atoms with Gasteiger partial charge in [0.2, 0.25) is 0 Å². The van der Waals surface area contributed by atoms with Crippen LogP contribution in [0.2, 0.25) is 0 Å². The predicted octanol–water partition coefficient (Wildman–Crippen LogP) is 7.48. The van der Waals surface area contributed by atoms with Crippen molar-refractivity contribution in [2.45, 2.75) is 0 Å². The Hall–Kier alpha value is -5.05. The minimum absolute atomic E-state index is 0.822. The van der Waals surface area contributed by atoms with Crippen LogP contribution >= 0.6 is 7.14 Å². The minimum Gasteiger partial charge on any atom is -0.309 e. The largest absolute Gasteiger partial charge is 0.309 e. The van der Waals surface area contributed by atoms with Crippen molar-refractivity contribution >= 4 is 61.5 Å². The number of hydrogen-bond acceptors (Lipinski definition) is 3. The zero-order valence-corrected chi connectivity index (χ0v) is 22.8. The second-order valence-electron chi connectivity index (χ2n) is 10.6. The molecule has 3 aromatic heterocycles. The fraction of sp³-hybridized carbons (Fsp3) is 0. The lowest BCUT2D eigenvalue weighted by Gasteiger charge is -2.16. The average molecular weight is 544 g/mol. The summed E-state index contributed by atoms with van der Waals surface area (Å²) in [5.41, 5.74) is 8.99. The molecular formula is C36H22N3OP. The van der Waals surface area contributed by atoms with Gasteiger partial charge in [-0.25, -0.2) is 4.98 Å². The molecule has 0 aliphatic carbocycles. The summed E-state index contributed by atoms with van der Waals surface area (Å²) in [6, 6.07) is 43.4. The number of imidazole rings is 1. The summed E-state index contributed by atoms with van der Waals surface area (Å²) >= 11 is 0. The number of hydrogen-bond donors (Lipinski definition) is 0. The topological polar surface area (TPSA) is 47.3 Å². The van der Waals surface area contributed by atoms with Crippen molar-refractivity contribution in [2.24, 2.45) is 0 Å². The van der Waals surface area contributed by atoms with Crippen molar-refractivity contribution in [3.8, 4) is 22.3 Å². The molecule has 4 nitrogen and oxygen atoms in total. The quantitative estimate of drug-likeness (QED) is 0.168. The van der Waals surface area contributed by atoms with Gasteiger partial charge in [0.15, 0.2) is 7.14 Å². The van der Waals surface area contributed by atoms with Crippen LogP contribution in [-0.2, 0) is 4.57 Å². The minimum atomic E-state index is -3.08. The van der Waals surface area contributed by atoms with E-state index in [0.29, 0.717) is 0 Å². The van der Waals surface area contributed by atoms with Crippen LogP contribution in [0.25, 0.3) is 60.7 Å². The molecule has 0 fully saturated rings. The molecule has 0 amide bonds. The Morgan fingerprint density at radius 3 is 2.10 bits per heavy atom. The second-order valence-corrected chi connectivity index (χ2v) is 13.3. The number of fused-ring (bicyclic) bond motifs is 11. The summed E-state index contributed by atoms with van der Waals surface area (Å²) in [5, 5.41) is 4.68. The van der Waals surface area contributed by atoms with E-state index in [4.69, 9.17) is 9.97 Å². The predicted molar refractivity (Wildman–Crippen MR) is 169 cm³/mol. The molecule has 1 aliphatic rings. The van der Waals surface area contributed by atoms with Crippen LogP contribution in [0.15, 0.2) is 134 Å². The molecule has 1 aliphatic heterocycles. The molecule has 5 heteroatoms.